The minimum atomic E-state index is -1.90. The molecule has 12 nitrogen and oxygen atoms in total. The maximum atomic E-state index is 13.1. The van der Waals surface area contributed by atoms with Crippen molar-refractivity contribution in [2.24, 2.45) is 0 Å². The van der Waals surface area contributed by atoms with Gasteiger partial charge in [0.2, 0.25) is 0 Å². The lowest BCUT2D eigenvalue weighted by Crippen LogP contribution is -2.61. The monoisotopic (exact) mass is 977 g/mol. The molecule has 0 amide bonds. The molecule has 12 heteroatoms. The van der Waals surface area contributed by atoms with E-state index < -0.39 is 67.3 Å². The van der Waals surface area contributed by atoms with Crippen LogP contribution >= 0.6 is 0 Å². The second-order valence-electron chi connectivity index (χ2n) is 19.2. The van der Waals surface area contributed by atoms with Gasteiger partial charge in [-0.2, -0.15) is 0 Å². The number of esters is 3. The number of hydrogen-bond acceptors (Lipinski definition) is 11. The van der Waals surface area contributed by atoms with Crippen molar-refractivity contribution >= 4 is 23.9 Å². The van der Waals surface area contributed by atoms with Crippen molar-refractivity contribution in [1.82, 2.24) is 0 Å². The maximum Gasteiger partial charge on any atom is 0.335 e. The van der Waals surface area contributed by atoms with E-state index in [1.54, 1.807) is 0 Å². The third-order valence-electron chi connectivity index (χ3n) is 12.7. The van der Waals surface area contributed by atoms with Gasteiger partial charge in [-0.3, -0.25) is 14.4 Å². The third-order valence-corrected chi connectivity index (χ3v) is 12.7. The van der Waals surface area contributed by atoms with Gasteiger partial charge in [-0.1, -0.05) is 198 Å². The third kappa shape index (κ3) is 36.5. The van der Waals surface area contributed by atoms with E-state index >= 15 is 0 Å². The summed E-state index contributed by atoms with van der Waals surface area (Å²) in [5.41, 5.74) is 0. The van der Waals surface area contributed by atoms with E-state index in [2.05, 4.69) is 57.2 Å². The summed E-state index contributed by atoms with van der Waals surface area (Å²) in [6, 6.07) is 0. The van der Waals surface area contributed by atoms with E-state index in [-0.39, 0.29) is 25.9 Å². The van der Waals surface area contributed by atoms with Crippen LogP contribution in [0.2, 0.25) is 0 Å². The average molecular weight is 977 g/mol. The first kappa shape index (κ1) is 64.0. The number of hydrogen-bond donors (Lipinski definition) is 3. The zero-order valence-corrected chi connectivity index (χ0v) is 43.8. The Bertz CT molecular complexity index is 1350. The molecule has 400 valence electrons. The molecule has 0 aromatic carbocycles. The highest BCUT2D eigenvalue weighted by Gasteiger charge is 2.50. The van der Waals surface area contributed by atoms with E-state index in [9.17, 15) is 34.5 Å². The van der Waals surface area contributed by atoms with Gasteiger partial charge in [0.15, 0.2) is 24.6 Å². The molecule has 1 aliphatic rings. The number of allylic oxidation sites excluding steroid dienone is 6. The van der Waals surface area contributed by atoms with E-state index in [0.717, 1.165) is 103 Å². The van der Waals surface area contributed by atoms with Crippen LogP contribution in [0.25, 0.3) is 0 Å². The molecule has 6 atom stereocenters. The smallest absolute Gasteiger partial charge is 0.335 e. The van der Waals surface area contributed by atoms with Gasteiger partial charge >= 0.3 is 23.9 Å². The Morgan fingerprint density at radius 1 is 0.478 bits per heavy atom. The lowest BCUT2D eigenvalue weighted by atomic mass is 9.98. The molecule has 1 rings (SSSR count). The standard InChI is InChI=1S/C57H100O12/c1-4-7-10-13-16-19-22-24-25-27-30-33-36-39-42-45-51(60)68-55-53(62)52(61)54(56(63)64)69-57(55)66-47-48(67-50(59)44-41-38-35-32-28-21-18-15-12-9-6-3)46-65-49(58)43-40-37-34-31-29-26-23-20-17-14-11-8-5-2/h15-16,18-19,24-25,48,52-55,57,61-62H,4-14,17,20-23,26-47H2,1-3H3,(H,63,64)/b18-15-,19-16-,25-24-. The van der Waals surface area contributed by atoms with E-state index in [1.165, 1.54) is 89.9 Å². The Balaban J connectivity index is 2.71. The van der Waals surface area contributed by atoms with Crippen molar-refractivity contribution < 1.29 is 58.2 Å². The molecule has 0 aromatic heterocycles. The summed E-state index contributed by atoms with van der Waals surface area (Å²) in [5, 5.41) is 31.4. The molecule has 3 N–H and O–H groups in total. The van der Waals surface area contributed by atoms with Crippen LogP contribution in [0, 0.1) is 0 Å². The number of aliphatic hydroxyl groups is 2. The first-order valence-electron chi connectivity index (χ1n) is 28.0. The summed E-state index contributed by atoms with van der Waals surface area (Å²) in [6.07, 6.45) is 39.8. The summed E-state index contributed by atoms with van der Waals surface area (Å²) < 4.78 is 28.3. The van der Waals surface area contributed by atoms with Crippen molar-refractivity contribution in [3.8, 4) is 0 Å². The molecular formula is C57H100O12. The molecule has 1 aliphatic heterocycles. The number of unbranched alkanes of at least 4 members (excludes halogenated alkanes) is 27. The fraction of sp³-hybridized carbons (Fsp3) is 0.825. The van der Waals surface area contributed by atoms with Crippen LogP contribution < -0.4 is 0 Å². The predicted octanol–water partition coefficient (Wildman–Crippen LogP) is 13.7. The lowest BCUT2D eigenvalue weighted by molar-refractivity contribution is -0.301. The highest BCUT2D eigenvalue weighted by Crippen LogP contribution is 2.26. The van der Waals surface area contributed by atoms with Gasteiger partial charge < -0.3 is 39.0 Å². The lowest BCUT2D eigenvalue weighted by Gasteiger charge is -2.40. The number of carbonyl (C=O) groups is 4. The van der Waals surface area contributed by atoms with Gasteiger partial charge in [-0.05, 0) is 70.6 Å². The molecule has 69 heavy (non-hydrogen) atoms. The van der Waals surface area contributed by atoms with Gasteiger partial charge in [0.1, 0.15) is 18.8 Å². The average Bonchev–Trinajstić information content (AvgIpc) is 3.33. The number of ether oxygens (including phenoxy) is 5. The largest absolute Gasteiger partial charge is 0.479 e. The van der Waals surface area contributed by atoms with Crippen LogP contribution in [0.1, 0.15) is 252 Å². The summed E-state index contributed by atoms with van der Waals surface area (Å²) in [4.78, 5) is 50.9. The summed E-state index contributed by atoms with van der Waals surface area (Å²) >= 11 is 0. The molecule has 1 fully saturated rings. The zero-order valence-electron chi connectivity index (χ0n) is 43.8. The molecule has 0 bridgehead atoms. The van der Waals surface area contributed by atoms with Crippen molar-refractivity contribution in [1.29, 1.82) is 0 Å². The Kier molecular flexibility index (Phi) is 42.7. The second-order valence-corrected chi connectivity index (χ2v) is 19.2. The summed E-state index contributed by atoms with van der Waals surface area (Å²) in [5.74, 6) is -3.13. The fourth-order valence-corrected chi connectivity index (χ4v) is 8.32. The van der Waals surface area contributed by atoms with Crippen LogP contribution in [-0.2, 0) is 42.9 Å². The van der Waals surface area contributed by atoms with Crippen LogP contribution in [0.4, 0.5) is 0 Å². The van der Waals surface area contributed by atoms with Gasteiger partial charge in [0, 0.05) is 19.3 Å². The molecule has 0 aromatic rings. The molecule has 0 saturated carbocycles. The Morgan fingerprint density at radius 2 is 0.884 bits per heavy atom. The van der Waals surface area contributed by atoms with Crippen molar-refractivity contribution in [2.75, 3.05) is 13.2 Å². The molecular weight excluding hydrogens is 877 g/mol. The molecule has 0 spiro atoms. The Hall–Kier alpha value is -3.06. The predicted molar refractivity (Wildman–Crippen MR) is 276 cm³/mol. The first-order chi connectivity index (χ1) is 33.6. The van der Waals surface area contributed by atoms with E-state index in [0.29, 0.717) is 19.3 Å². The fourth-order valence-electron chi connectivity index (χ4n) is 8.32. The summed E-state index contributed by atoms with van der Waals surface area (Å²) in [7, 11) is 0. The first-order valence-corrected chi connectivity index (χ1v) is 28.0. The van der Waals surface area contributed by atoms with Gasteiger partial charge in [-0.15, -0.1) is 0 Å². The van der Waals surface area contributed by atoms with Gasteiger partial charge in [0.25, 0.3) is 0 Å². The van der Waals surface area contributed by atoms with Crippen LogP contribution in [0.5, 0.6) is 0 Å². The number of rotatable bonds is 47. The molecule has 1 saturated heterocycles. The van der Waals surface area contributed by atoms with Crippen molar-refractivity contribution in [2.45, 2.75) is 289 Å². The topological polar surface area (TPSA) is 175 Å². The highest BCUT2D eigenvalue weighted by molar-refractivity contribution is 5.74. The quantitative estimate of drug-likeness (QED) is 0.0228. The highest BCUT2D eigenvalue weighted by atomic mass is 16.7. The molecule has 0 radical (unpaired) electrons. The van der Waals surface area contributed by atoms with Crippen LogP contribution in [0.15, 0.2) is 36.5 Å². The van der Waals surface area contributed by atoms with Crippen LogP contribution in [-0.4, -0.2) is 89.2 Å². The van der Waals surface area contributed by atoms with Gasteiger partial charge in [0.05, 0.1) is 6.61 Å². The number of carboxylic acids is 1. The van der Waals surface area contributed by atoms with Gasteiger partial charge in [-0.25, -0.2) is 4.79 Å². The zero-order chi connectivity index (χ0) is 50.4. The minimum Gasteiger partial charge on any atom is -0.479 e. The second kappa shape index (κ2) is 46.0. The maximum absolute atomic E-state index is 13.1. The minimum absolute atomic E-state index is 0.0461. The van der Waals surface area contributed by atoms with Crippen molar-refractivity contribution in [3.63, 3.8) is 0 Å². The number of aliphatic carboxylic acids is 1. The number of aliphatic hydroxyl groups excluding tert-OH is 2. The molecule has 1 heterocycles. The number of carboxylic acid groups (broad SMARTS) is 1. The molecule has 0 aliphatic carbocycles. The van der Waals surface area contributed by atoms with Crippen molar-refractivity contribution in [3.05, 3.63) is 36.5 Å². The number of carbonyl (C=O) groups excluding carboxylic acids is 3. The normalized spacial score (nSPS) is 18.9. The Morgan fingerprint density at radius 3 is 1.39 bits per heavy atom. The Labute approximate surface area is 419 Å². The van der Waals surface area contributed by atoms with Crippen LogP contribution in [0.3, 0.4) is 0 Å². The van der Waals surface area contributed by atoms with E-state index in [4.69, 9.17) is 23.7 Å². The van der Waals surface area contributed by atoms with E-state index in [1.807, 2.05) is 0 Å². The summed E-state index contributed by atoms with van der Waals surface area (Å²) in [6.45, 7) is 5.91. The SMILES string of the molecule is CCCC/C=C\CCCCCCCC(=O)OC(COC(=O)CCCCCCCCCCCCCCC)COC1OC(C(=O)O)C(O)C(O)C1OC(=O)CCCCCCC/C=C\C/C=C\CCCCC. The molecule has 6 unspecified atom stereocenters.